The fourth-order valence-corrected chi connectivity index (χ4v) is 2.20. The summed E-state index contributed by atoms with van der Waals surface area (Å²) in [5.74, 6) is 0. The van der Waals surface area contributed by atoms with Crippen LogP contribution in [0.4, 0.5) is 11.4 Å². The fraction of sp³-hybridized carbons (Fsp3) is 0. The SMILES string of the molecule is N#Cc1ccncc1Nc1ccccc1-c1ccccc1. The van der Waals surface area contributed by atoms with Crippen LogP contribution in [0.2, 0.25) is 0 Å². The summed E-state index contributed by atoms with van der Waals surface area (Å²) >= 11 is 0. The van der Waals surface area contributed by atoms with Gasteiger partial charge < -0.3 is 5.32 Å². The van der Waals surface area contributed by atoms with Crippen molar-refractivity contribution >= 4 is 11.4 Å². The molecular weight excluding hydrogens is 258 g/mol. The van der Waals surface area contributed by atoms with Crippen molar-refractivity contribution in [3.05, 3.63) is 78.6 Å². The van der Waals surface area contributed by atoms with Gasteiger partial charge in [0, 0.05) is 17.4 Å². The molecule has 0 atom stereocenters. The van der Waals surface area contributed by atoms with Gasteiger partial charge in [0.05, 0.1) is 17.4 Å². The third-order valence-corrected chi connectivity index (χ3v) is 3.22. The lowest BCUT2D eigenvalue weighted by Gasteiger charge is -2.12. The van der Waals surface area contributed by atoms with E-state index in [9.17, 15) is 0 Å². The highest BCUT2D eigenvalue weighted by Gasteiger charge is 2.07. The first-order chi connectivity index (χ1) is 10.4. The molecule has 0 aliphatic heterocycles. The smallest absolute Gasteiger partial charge is 0.101 e. The van der Waals surface area contributed by atoms with E-state index in [0.29, 0.717) is 11.3 Å². The lowest BCUT2D eigenvalue weighted by atomic mass is 10.0. The summed E-state index contributed by atoms with van der Waals surface area (Å²) in [5, 5.41) is 12.5. The van der Waals surface area contributed by atoms with Crippen LogP contribution < -0.4 is 5.32 Å². The number of anilines is 2. The normalized spacial score (nSPS) is 9.86. The van der Waals surface area contributed by atoms with Crippen LogP contribution in [-0.2, 0) is 0 Å². The number of nitrogens with one attached hydrogen (secondary N) is 1. The molecule has 0 spiro atoms. The molecule has 0 saturated carbocycles. The largest absolute Gasteiger partial charge is 0.353 e. The van der Waals surface area contributed by atoms with Crippen LogP contribution in [0.3, 0.4) is 0 Å². The van der Waals surface area contributed by atoms with Crippen molar-refractivity contribution in [3.8, 4) is 17.2 Å². The van der Waals surface area contributed by atoms with Gasteiger partial charge in [-0.2, -0.15) is 5.26 Å². The van der Waals surface area contributed by atoms with Crippen LogP contribution in [0.5, 0.6) is 0 Å². The molecule has 21 heavy (non-hydrogen) atoms. The Balaban J connectivity index is 2.03. The summed E-state index contributed by atoms with van der Waals surface area (Å²) in [7, 11) is 0. The molecule has 3 rings (SSSR count). The number of nitrogens with zero attached hydrogens (tertiary/aromatic N) is 2. The Kier molecular flexibility index (Phi) is 3.62. The van der Waals surface area contributed by atoms with Crippen molar-refractivity contribution in [1.82, 2.24) is 4.98 Å². The summed E-state index contributed by atoms with van der Waals surface area (Å²) in [5.41, 5.74) is 4.46. The Bertz CT molecular complexity index is 789. The Hall–Kier alpha value is -3.12. The maximum Gasteiger partial charge on any atom is 0.101 e. The van der Waals surface area contributed by atoms with Crippen LogP contribution in [0.1, 0.15) is 5.56 Å². The molecule has 0 saturated heterocycles. The van der Waals surface area contributed by atoms with E-state index in [2.05, 4.69) is 34.6 Å². The van der Waals surface area contributed by atoms with Gasteiger partial charge in [0.1, 0.15) is 6.07 Å². The monoisotopic (exact) mass is 271 g/mol. The van der Waals surface area contributed by atoms with E-state index in [0.717, 1.165) is 16.8 Å². The first-order valence-electron chi connectivity index (χ1n) is 6.64. The molecule has 0 aliphatic carbocycles. The molecule has 1 N–H and O–H groups in total. The zero-order valence-electron chi connectivity index (χ0n) is 11.3. The zero-order valence-corrected chi connectivity index (χ0v) is 11.3. The molecule has 0 radical (unpaired) electrons. The Morgan fingerprint density at radius 1 is 0.857 bits per heavy atom. The summed E-state index contributed by atoms with van der Waals surface area (Å²) in [6.45, 7) is 0. The fourth-order valence-electron chi connectivity index (χ4n) is 2.20. The summed E-state index contributed by atoms with van der Waals surface area (Å²) < 4.78 is 0. The van der Waals surface area contributed by atoms with E-state index in [1.165, 1.54) is 0 Å². The third kappa shape index (κ3) is 2.75. The molecule has 1 heterocycles. The molecule has 3 aromatic rings. The van der Waals surface area contributed by atoms with Crippen LogP contribution >= 0.6 is 0 Å². The van der Waals surface area contributed by atoms with E-state index in [-0.39, 0.29) is 0 Å². The summed E-state index contributed by atoms with van der Waals surface area (Å²) in [4.78, 5) is 4.08. The third-order valence-electron chi connectivity index (χ3n) is 3.22. The van der Waals surface area contributed by atoms with E-state index in [1.807, 2.05) is 36.4 Å². The first kappa shape index (κ1) is 12.9. The van der Waals surface area contributed by atoms with Crippen LogP contribution in [0, 0.1) is 11.3 Å². The lowest BCUT2D eigenvalue weighted by Crippen LogP contribution is -1.96. The highest BCUT2D eigenvalue weighted by atomic mass is 14.9. The molecule has 3 heteroatoms. The lowest BCUT2D eigenvalue weighted by molar-refractivity contribution is 1.30. The van der Waals surface area contributed by atoms with Gasteiger partial charge in [0.2, 0.25) is 0 Å². The Morgan fingerprint density at radius 3 is 2.43 bits per heavy atom. The van der Waals surface area contributed by atoms with Crippen molar-refractivity contribution in [2.24, 2.45) is 0 Å². The standard InChI is InChI=1S/C18H13N3/c19-12-15-10-11-20-13-18(15)21-17-9-5-4-8-16(17)14-6-2-1-3-7-14/h1-11,13,21H. The van der Waals surface area contributed by atoms with Crippen molar-refractivity contribution in [1.29, 1.82) is 5.26 Å². The second-order valence-corrected chi connectivity index (χ2v) is 4.57. The topological polar surface area (TPSA) is 48.7 Å². The van der Waals surface area contributed by atoms with Gasteiger partial charge >= 0.3 is 0 Å². The van der Waals surface area contributed by atoms with Gasteiger partial charge in [-0.1, -0.05) is 48.5 Å². The van der Waals surface area contributed by atoms with Gasteiger partial charge in [-0.25, -0.2) is 0 Å². The molecule has 0 bridgehead atoms. The van der Waals surface area contributed by atoms with Gasteiger partial charge in [0.15, 0.2) is 0 Å². The molecule has 0 aliphatic rings. The Morgan fingerprint density at radius 2 is 1.62 bits per heavy atom. The average Bonchev–Trinajstić information content (AvgIpc) is 2.57. The maximum absolute atomic E-state index is 9.17. The number of hydrogen-bond acceptors (Lipinski definition) is 3. The van der Waals surface area contributed by atoms with Crippen molar-refractivity contribution in [3.63, 3.8) is 0 Å². The van der Waals surface area contributed by atoms with Crippen molar-refractivity contribution in [2.75, 3.05) is 5.32 Å². The van der Waals surface area contributed by atoms with Gasteiger partial charge in [-0.05, 0) is 17.7 Å². The second-order valence-electron chi connectivity index (χ2n) is 4.57. The quantitative estimate of drug-likeness (QED) is 0.769. The van der Waals surface area contributed by atoms with E-state index < -0.39 is 0 Å². The Labute approximate surface area is 123 Å². The van der Waals surface area contributed by atoms with Crippen LogP contribution in [0.25, 0.3) is 11.1 Å². The molecule has 100 valence electrons. The summed E-state index contributed by atoms with van der Waals surface area (Å²) in [6.07, 6.45) is 3.28. The average molecular weight is 271 g/mol. The molecule has 0 amide bonds. The van der Waals surface area contributed by atoms with E-state index >= 15 is 0 Å². The van der Waals surface area contributed by atoms with E-state index in [1.54, 1.807) is 18.5 Å². The first-order valence-corrected chi connectivity index (χ1v) is 6.64. The van der Waals surface area contributed by atoms with Gasteiger partial charge in [-0.3, -0.25) is 4.98 Å². The number of para-hydroxylation sites is 1. The zero-order chi connectivity index (χ0) is 14.5. The molecule has 1 aromatic heterocycles. The predicted molar refractivity (Wildman–Crippen MR) is 84.1 cm³/mol. The highest BCUT2D eigenvalue weighted by molar-refractivity contribution is 5.81. The van der Waals surface area contributed by atoms with Crippen LogP contribution in [-0.4, -0.2) is 4.98 Å². The minimum absolute atomic E-state index is 0.577. The molecule has 0 unspecified atom stereocenters. The molecule has 3 nitrogen and oxygen atoms in total. The van der Waals surface area contributed by atoms with Gasteiger partial charge in [-0.15, -0.1) is 0 Å². The maximum atomic E-state index is 9.17. The van der Waals surface area contributed by atoms with E-state index in [4.69, 9.17) is 5.26 Å². The summed E-state index contributed by atoms with van der Waals surface area (Å²) in [6, 6.07) is 22.0. The predicted octanol–water partition coefficient (Wildman–Crippen LogP) is 4.36. The number of rotatable bonds is 3. The molecular formula is C18H13N3. The number of pyridine rings is 1. The number of nitriles is 1. The molecule has 2 aromatic carbocycles. The minimum atomic E-state index is 0.577. The number of benzene rings is 2. The minimum Gasteiger partial charge on any atom is -0.353 e. The van der Waals surface area contributed by atoms with Gasteiger partial charge in [0.25, 0.3) is 0 Å². The number of hydrogen-bond donors (Lipinski definition) is 1. The van der Waals surface area contributed by atoms with Crippen LogP contribution in [0.15, 0.2) is 73.1 Å². The highest BCUT2D eigenvalue weighted by Crippen LogP contribution is 2.30. The van der Waals surface area contributed by atoms with Crippen molar-refractivity contribution in [2.45, 2.75) is 0 Å². The second kappa shape index (κ2) is 5.89. The number of aromatic nitrogens is 1. The van der Waals surface area contributed by atoms with Crippen molar-refractivity contribution < 1.29 is 0 Å². The molecule has 0 fully saturated rings.